The summed E-state index contributed by atoms with van der Waals surface area (Å²) in [6, 6.07) is 11.5. The van der Waals surface area contributed by atoms with Crippen LogP contribution in [0.25, 0.3) is 22.0 Å². The summed E-state index contributed by atoms with van der Waals surface area (Å²) in [7, 11) is 4.23. The van der Waals surface area contributed by atoms with E-state index in [1.807, 2.05) is 6.07 Å². The van der Waals surface area contributed by atoms with E-state index in [4.69, 9.17) is 38.1 Å². The molecule has 3 heterocycles. The minimum atomic E-state index is -0.655. The number of aromatic nitrogens is 1. The summed E-state index contributed by atoms with van der Waals surface area (Å²) in [5.41, 5.74) is 5.80. The molecule has 3 aromatic carbocycles. The fourth-order valence-corrected chi connectivity index (χ4v) is 7.01. The molecule has 262 valence electrons. The minimum absolute atomic E-state index is 0.0955. The minimum Gasteiger partial charge on any atom is -0.493 e. The van der Waals surface area contributed by atoms with Crippen molar-refractivity contribution in [2.45, 2.75) is 51.4 Å². The molecular weight excluding hydrogens is 642 g/mol. The first-order chi connectivity index (χ1) is 24.5. The van der Waals surface area contributed by atoms with Crippen LogP contribution < -0.4 is 39.1 Å². The van der Waals surface area contributed by atoms with Crippen LogP contribution in [0.5, 0.6) is 34.5 Å². The lowest BCUT2D eigenvalue weighted by atomic mass is 9.91. The fraction of sp³-hybridized carbons (Fsp3) is 0.395. The number of hydrogen-bond acceptors (Lipinski definition) is 11. The second kappa shape index (κ2) is 14.6. The molecule has 1 amide bonds. The van der Waals surface area contributed by atoms with Gasteiger partial charge in [0.1, 0.15) is 0 Å². The van der Waals surface area contributed by atoms with E-state index in [0.29, 0.717) is 35.1 Å². The highest BCUT2D eigenvalue weighted by atomic mass is 16.7. The molecule has 0 atom stereocenters. The smallest absolute Gasteiger partial charge is 0.338 e. The Morgan fingerprint density at radius 1 is 0.760 bits per heavy atom. The van der Waals surface area contributed by atoms with Gasteiger partial charge in [-0.15, -0.1) is 0 Å². The predicted molar refractivity (Wildman–Crippen MR) is 186 cm³/mol. The number of anilines is 1. The van der Waals surface area contributed by atoms with Crippen LogP contribution in [0.3, 0.4) is 0 Å². The van der Waals surface area contributed by atoms with Gasteiger partial charge in [0.2, 0.25) is 25.1 Å². The molecule has 3 aliphatic rings. The maximum Gasteiger partial charge on any atom is 0.338 e. The summed E-state index contributed by atoms with van der Waals surface area (Å²) in [5, 5.41) is 7.97. The van der Waals surface area contributed by atoms with Gasteiger partial charge >= 0.3 is 5.97 Å². The third-order valence-electron chi connectivity index (χ3n) is 9.42. The van der Waals surface area contributed by atoms with E-state index < -0.39 is 5.97 Å². The highest BCUT2D eigenvalue weighted by molar-refractivity contribution is 6.10. The molecule has 0 radical (unpaired) electrons. The topological polar surface area (TPSA) is 136 Å². The first-order valence-corrected chi connectivity index (χ1v) is 17.1. The van der Waals surface area contributed by atoms with Crippen molar-refractivity contribution in [2.75, 3.05) is 53.3 Å². The Kier molecular flexibility index (Phi) is 9.68. The molecule has 2 aliphatic heterocycles. The van der Waals surface area contributed by atoms with Crippen LogP contribution in [-0.2, 0) is 17.6 Å². The molecule has 0 unspecified atom stereocenters. The fourth-order valence-electron chi connectivity index (χ4n) is 7.01. The van der Waals surface area contributed by atoms with Crippen LogP contribution in [0.2, 0.25) is 0 Å². The van der Waals surface area contributed by atoms with E-state index in [9.17, 15) is 9.59 Å². The van der Waals surface area contributed by atoms with Gasteiger partial charge in [0.25, 0.3) is 5.91 Å². The molecule has 4 aromatic rings. The molecule has 2 N–H and O–H groups in total. The third-order valence-corrected chi connectivity index (χ3v) is 9.42. The van der Waals surface area contributed by atoms with Crippen LogP contribution in [0.15, 0.2) is 36.4 Å². The van der Waals surface area contributed by atoms with Gasteiger partial charge in [-0.1, -0.05) is 31.0 Å². The number of pyridine rings is 1. The Balaban J connectivity index is 1.04. The molecular formula is C38H41N3O9. The van der Waals surface area contributed by atoms with Gasteiger partial charge in [-0.25, -0.2) is 4.79 Å². The number of fused-ring (bicyclic) bond motifs is 4. The number of nitrogens with one attached hydrogen (secondary N) is 2. The van der Waals surface area contributed by atoms with E-state index >= 15 is 0 Å². The summed E-state index contributed by atoms with van der Waals surface area (Å²) in [4.78, 5) is 32.0. The number of hydrogen-bond donors (Lipinski definition) is 2. The molecule has 0 bridgehead atoms. The number of unbranched alkanes of at least 4 members (excludes halogenated alkanes) is 3. The summed E-state index contributed by atoms with van der Waals surface area (Å²) in [6.45, 7) is 1.13. The van der Waals surface area contributed by atoms with Crippen LogP contribution in [0.4, 0.5) is 5.69 Å². The van der Waals surface area contributed by atoms with Crippen molar-refractivity contribution in [3.05, 3.63) is 58.8 Å². The van der Waals surface area contributed by atoms with Crippen molar-refractivity contribution < 1.29 is 42.7 Å². The van der Waals surface area contributed by atoms with Crippen molar-refractivity contribution in [1.82, 2.24) is 10.3 Å². The number of rotatable bonds is 13. The summed E-state index contributed by atoms with van der Waals surface area (Å²) < 4.78 is 39.3. The van der Waals surface area contributed by atoms with Crippen LogP contribution in [0, 0.1) is 0 Å². The monoisotopic (exact) mass is 683 g/mol. The largest absolute Gasteiger partial charge is 0.493 e. The number of carbonyl (C=O) groups is 2. The zero-order valence-electron chi connectivity index (χ0n) is 28.6. The molecule has 50 heavy (non-hydrogen) atoms. The number of benzene rings is 3. The summed E-state index contributed by atoms with van der Waals surface area (Å²) in [6.07, 6.45) is 8.25. The van der Waals surface area contributed by atoms with Gasteiger partial charge in [0, 0.05) is 41.0 Å². The van der Waals surface area contributed by atoms with Gasteiger partial charge in [-0.3, -0.25) is 9.78 Å². The van der Waals surface area contributed by atoms with Crippen molar-refractivity contribution in [2.24, 2.45) is 0 Å². The van der Waals surface area contributed by atoms with Gasteiger partial charge in [-0.05, 0) is 62.3 Å². The lowest BCUT2D eigenvalue weighted by molar-refractivity contribution is 0.0600. The number of esters is 1. The van der Waals surface area contributed by atoms with Crippen molar-refractivity contribution in [1.29, 1.82) is 0 Å². The average Bonchev–Trinajstić information content (AvgIpc) is 3.85. The maximum absolute atomic E-state index is 13.9. The Morgan fingerprint density at radius 3 is 2.08 bits per heavy atom. The normalized spacial score (nSPS) is 13.9. The summed E-state index contributed by atoms with van der Waals surface area (Å²) in [5.74, 6) is 0.685. The quantitative estimate of drug-likeness (QED) is 0.119. The number of aryl methyl sites for hydroxylation is 1. The molecule has 0 saturated carbocycles. The van der Waals surface area contributed by atoms with E-state index in [2.05, 4.69) is 28.8 Å². The summed E-state index contributed by atoms with van der Waals surface area (Å²) >= 11 is 0. The second-order valence-corrected chi connectivity index (χ2v) is 12.4. The van der Waals surface area contributed by atoms with E-state index in [0.717, 1.165) is 50.6 Å². The van der Waals surface area contributed by atoms with Crippen LogP contribution in [-0.4, -0.2) is 64.9 Å². The Labute approximate surface area is 290 Å². The predicted octanol–water partition coefficient (Wildman–Crippen LogP) is 6.44. The molecule has 0 saturated heterocycles. The van der Waals surface area contributed by atoms with E-state index in [1.165, 1.54) is 62.6 Å². The van der Waals surface area contributed by atoms with E-state index in [-0.39, 0.29) is 47.7 Å². The third kappa shape index (κ3) is 6.14. The molecule has 0 fully saturated rings. The van der Waals surface area contributed by atoms with E-state index in [1.54, 1.807) is 6.07 Å². The number of methoxy groups -OCH3 is 3. The second-order valence-electron chi connectivity index (χ2n) is 12.4. The zero-order chi connectivity index (χ0) is 34.6. The number of nitrogens with zero attached hydrogens (tertiary/aromatic N) is 1. The van der Waals surface area contributed by atoms with Crippen LogP contribution in [0.1, 0.15) is 70.5 Å². The molecule has 12 nitrogen and oxygen atoms in total. The number of para-hydroxylation sites is 1. The highest BCUT2D eigenvalue weighted by Gasteiger charge is 2.37. The van der Waals surface area contributed by atoms with Gasteiger partial charge in [0.15, 0.2) is 23.0 Å². The molecule has 7 rings (SSSR count). The van der Waals surface area contributed by atoms with Crippen LogP contribution >= 0.6 is 0 Å². The van der Waals surface area contributed by atoms with Gasteiger partial charge in [0.05, 0.1) is 38.0 Å². The maximum atomic E-state index is 13.9. The average molecular weight is 684 g/mol. The molecule has 12 heteroatoms. The number of carbonyl (C=O) groups excluding carboxylic acids is 2. The lowest BCUT2D eigenvalue weighted by Gasteiger charge is -2.21. The van der Waals surface area contributed by atoms with Gasteiger partial charge in [-0.2, -0.15) is 0 Å². The van der Waals surface area contributed by atoms with Crippen molar-refractivity contribution >= 4 is 28.5 Å². The molecule has 1 aromatic heterocycles. The first kappa shape index (κ1) is 33.1. The molecule has 1 aliphatic carbocycles. The van der Waals surface area contributed by atoms with Gasteiger partial charge < -0.3 is 43.8 Å². The Hall–Kier alpha value is -5.39. The highest BCUT2D eigenvalue weighted by Crippen LogP contribution is 2.56. The number of amides is 1. The van der Waals surface area contributed by atoms with Crippen molar-refractivity contribution in [3.63, 3.8) is 0 Å². The standard InChI is InChI=1S/C38H41N3O9/c1-44-28-18-24(30(35-33(28)47-20-49-35)31-25(38(43)46-3)19-29(45-2)34-36(31)50-21-48-34)37(42)40-17-11-5-4-10-16-39-32-22-12-6-8-14-26(22)41-27-15-9-7-13-23(27)32/h6,8,12,14,18-19H,4-5,7,9-11,13,15-17,20-21H2,1-3H3,(H,39,41)(H,40,42). The Bertz CT molecular complexity index is 1940. The first-order valence-electron chi connectivity index (χ1n) is 17.1. The SMILES string of the molecule is COC(=O)c1cc(OC)c2c(c1-c1c(C(=O)NCCCCCCNc3c4c(nc5ccccc35)CCCC4)cc(OC)c3c1OCO3)OCO2. The lowest BCUT2D eigenvalue weighted by Crippen LogP contribution is -2.25. The number of ether oxygens (including phenoxy) is 7. The molecule has 0 spiro atoms. The van der Waals surface area contributed by atoms with Crippen molar-refractivity contribution in [3.8, 4) is 45.6 Å². The zero-order valence-corrected chi connectivity index (χ0v) is 28.6. The Morgan fingerprint density at radius 2 is 1.38 bits per heavy atom.